The summed E-state index contributed by atoms with van der Waals surface area (Å²) in [5.41, 5.74) is 2.91. The Kier molecular flexibility index (Phi) is 5.09. The lowest BCUT2D eigenvalue weighted by atomic mass is 9.83. The molecule has 0 N–H and O–H groups in total. The minimum Gasteiger partial charge on any atom is -0.203 e. The van der Waals surface area contributed by atoms with E-state index in [0.717, 1.165) is 12.0 Å². The lowest BCUT2D eigenvalue weighted by Crippen LogP contribution is -2.04. The van der Waals surface area contributed by atoms with Gasteiger partial charge in [0.25, 0.3) is 0 Å². The van der Waals surface area contributed by atoms with Crippen LogP contribution in [-0.4, -0.2) is 0 Å². The maximum Gasteiger partial charge on any atom is 0.166 e. The van der Waals surface area contributed by atoms with E-state index in [1.807, 2.05) is 19.1 Å². The van der Waals surface area contributed by atoms with Crippen molar-refractivity contribution < 1.29 is 8.78 Å². The van der Waals surface area contributed by atoms with Gasteiger partial charge in [0.1, 0.15) is 0 Å². The fourth-order valence-electron chi connectivity index (χ4n) is 3.65. The number of aryl methyl sites for hydroxylation is 1. The average molecular weight is 314 g/mol. The molecular weight excluding hydrogens is 290 g/mol. The van der Waals surface area contributed by atoms with Crippen molar-refractivity contribution in [3.63, 3.8) is 0 Å². The first-order valence-corrected chi connectivity index (χ1v) is 8.78. The molecule has 1 aliphatic carbocycles. The van der Waals surface area contributed by atoms with Crippen LogP contribution in [0.5, 0.6) is 0 Å². The molecule has 0 atom stereocenters. The van der Waals surface area contributed by atoms with Crippen molar-refractivity contribution >= 4 is 0 Å². The molecule has 0 saturated heterocycles. The largest absolute Gasteiger partial charge is 0.203 e. The molecule has 0 nitrogen and oxygen atoms in total. The van der Waals surface area contributed by atoms with Crippen LogP contribution >= 0.6 is 0 Å². The van der Waals surface area contributed by atoms with Crippen molar-refractivity contribution in [1.29, 1.82) is 0 Å². The highest BCUT2D eigenvalue weighted by atomic mass is 19.2. The molecule has 23 heavy (non-hydrogen) atoms. The van der Waals surface area contributed by atoms with Crippen LogP contribution < -0.4 is 0 Å². The summed E-state index contributed by atoms with van der Waals surface area (Å²) < 4.78 is 28.5. The third kappa shape index (κ3) is 3.46. The van der Waals surface area contributed by atoms with Crippen LogP contribution in [0, 0.1) is 11.6 Å². The minimum absolute atomic E-state index is 0.359. The van der Waals surface area contributed by atoms with Gasteiger partial charge in [0, 0.05) is 5.56 Å². The molecule has 0 amide bonds. The molecule has 2 aromatic rings. The number of benzene rings is 2. The van der Waals surface area contributed by atoms with Crippen LogP contribution in [0.2, 0.25) is 0 Å². The molecule has 0 unspecified atom stereocenters. The Labute approximate surface area is 137 Å². The zero-order chi connectivity index (χ0) is 16.2. The second kappa shape index (κ2) is 7.25. The average Bonchev–Trinajstić information content (AvgIpc) is 2.60. The first-order chi connectivity index (χ1) is 11.2. The quantitative estimate of drug-likeness (QED) is 0.594. The van der Waals surface area contributed by atoms with Gasteiger partial charge < -0.3 is 0 Å². The van der Waals surface area contributed by atoms with Gasteiger partial charge in [-0.2, -0.15) is 0 Å². The topological polar surface area (TPSA) is 0 Å². The van der Waals surface area contributed by atoms with Gasteiger partial charge in [-0.1, -0.05) is 69.0 Å². The Hall–Kier alpha value is -1.70. The molecule has 1 aliphatic rings. The van der Waals surface area contributed by atoms with Gasteiger partial charge in [0.05, 0.1) is 0 Å². The van der Waals surface area contributed by atoms with E-state index < -0.39 is 11.6 Å². The monoisotopic (exact) mass is 314 g/mol. The third-order valence-corrected chi connectivity index (χ3v) is 4.98. The van der Waals surface area contributed by atoms with E-state index in [1.165, 1.54) is 37.7 Å². The molecule has 2 heteroatoms. The molecule has 0 radical (unpaired) electrons. The Morgan fingerprint density at radius 3 is 2.22 bits per heavy atom. The van der Waals surface area contributed by atoms with E-state index in [4.69, 9.17) is 0 Å². The molecule has 1 saturated carbocycles. The summed E-state index contributed by atoms with van der Waals surface area (Å²) in [6, 6.07) is 11.5. The van der Waals surface area contributed by atoms with Crippen LogP contribution in [0.25, 0.3) is 11.1 Å². The summed E-state index contributed by atoms with van der Waals surface area (Å²) in [6.45, 7) is 1.97. The van der Waals surface area contributed by atoms with Crippen LogP contribution in [0.3, 0.4) is 0 Å². The van der Waals surface area contributed by atoms with Crippen LogP contribution in [-0.2, 0) is 6.42 Å². The highest BCUT2D eigenvalue weighted by molar-refractivity contribution is 5.65. The second-order valence-electron chi connectivity index (χ2n) is 6.61. The van der Waals surface area contributed by atoms with Crippen LogP contribution in [0.4, 0.5) is 8.78 Å². The molecule has 0 heterocycles. The SMILES string of the molecule is CCCc1ccc(-c2ccc(C3CCCCC3)cc2)c(F)c1F. The highest BCUT2D eigenvalue weighted by Crippen LogP contribution is 2.34. The summed E-state index contributed by atoms with van der Waals surface area (Å²) in [7, 11) is 0. The summed E-state index contributed by atoms with van der Waals surface area (Å²) in [5.74, 6) is -0.784. The molecule has 0 bridgehead atoms. The van der Waals surface area contributed by atoms with Gasteiger partial charge in [0.2, 0.25) is 0 Å². The molecule has 0 aliphatic heterocycles. The first-order valence-electron chi connectivity index (χ1n) is 8.78. The molecule has 1 fully saturated rings. The molecule has 0 spiro atoms. The summed E-state index contributed by atoms with van der Waals surface area (Å²) >= 11 is 0. The molecule has 0 aromatic heterocycles. The van der Waals surface area contributed by atoms with Crippen molar-refractivity contribution in [2.24, 2.45) is 0 Å². The number of hydrogen-bond acceptors (Lipinski definition) is 0. The zero-order valence-electron chi connectivity index (χ0n) is 13.7. The lowest BCUT2D eigenvalue weighted by Gasteiger charge is -2.22. The normalized spacial score (nSPS) is 15.8. The van der Waals surface area contributed by atoms with E-state index in [9.17, 15) is 8.78 Å². The van der Waals surface area contributed by atoms with Crippen LogP contribution in [0.1, 0.15) is 62.5 Å². The van der Waals surface area contributed by atoms with E-state index in [2.05, 4.69) is 12.1 Å². The minimum atomic E-state index is -0.721. The summed E-state index contributed by atoms with van der Waals surface area (Å²) in [5, 5.41) is 0. The van der Waals surface area contributed by atoms with Crippen molar-refractivity contribution in [3.05, 3.63) is 59.2 Å². The molecule has 2 aromatic carbocycles. The van der Waals surface area contributed by atoms with Crippen molar-refractivity contribution in [1.82, 2.24) is 0 Å². The second-order valence-corrected chi connectivity index (χ2v) is 6.61. The van der Waals surface area contributed by atoms with Gasteiger partial charge in [-0.15, -0.1) is 0 Å². The molecular formula is C21H24F2. The fourth-order valence-corrected chi connectivity index (χ4v) is 3.65. The van der Waals surface area contributed by atoms with Gasteiger partial charge in [0.15, 0.2) is 11.6 Å². The number of hydrogen-bond donors (Lipinski definition) is 0. The van der Waals surface area contributed by atoms with E-state index in [0.29, 0.717) is 23.5 Å². The standard InChI is InChI=1S/C21H24F2/c1-2-6-18-13-14-19(21(23)20(18)22)17-11-9-16(10-12-17)15-7-4-3-5-8-15/h9-15H,2-8H2,1H3. The molecule has 3 rings (SSSR count). The van der Waals surface area contributed by atoms with E-state index in [-0.39, 0.29) is 0 Å². The van der Waals surface area contributed by atoms with Gasteiger partial charge in [-0.3, -0.25) is 0 Å². The van der Waals surface area contributed by atoms with E-state index >= 15 is 0 Å². The Morgan fingerprint density at radius 1 is 0.870 bits per heavy atom. The number of rotatable bonds is 4. The van der Waals surface area contributed by atoms with Gasteiger partial charge in [-0.05, 0) is 41.9 Å². The maximum absolute atomic E-state index is 14.4. The molecule has 122 valence electrons. The predicted molar refractivity (Wildman–Crippen MR) is 91.6 cm³/mol. The zero-order valence-corrected chi connectivity index (χ0v) is 13.7. The highest BCUT2D eigenvalue weighted by Gasteiger charge is 2.17. The van der Waals surface area contributed by atoms with Crippen molar-refractivity contribution in [2.45, 2.75) is 57.8 Å². The van der Waals surface area contributed by atoms with Gasteiger partial charge in [-0.25, -0.2) is 8.78 Å². The lowest BCUT2D eigenvalue weighted by molar-refractivity contribution is 0.443. The Balaban J connectivity index is 1.85. The van der Waals surface area contributed by atoms with Gasteiger partial charge >= 0.3 is 0 Å². The predicted octanol–water partition coefficient (Wildman–Crippen LogP) is 6.63. The first kappa shape index (κ1) is 16.2. The van der Waals surface area contributed by atoms with Crippen molar-refractivity contribution in [3.8, 4) is 11.1 Å². The Bertz CT molecular complexity index is 652. The van der Waals surface area contributed by atoms with Crippen LogP contribution in [0.15, 0.2) is 36.4 Å². The Morgan fingerprint density at radius 2 is 1.57 bits per heavy atom. The maximum atomic E-state index is 14.4. The fraction of sp³-hybridized carbons (Fsp3) is 0.429. The third-order valence-electron chi connectivity index (χ3n) is 4.98. The summed E-state index contributed by atoms with van der Waals surface area (Å²) in [4.78, 5) is 0. The number of halogens is 2. The smallest absolute Gasteiger partial charge is 0.166 e. The summed E-state index contributed by atoms with van der Waals surface area (Å²) in [6.07, 6.45) is 7.80. The van der Waals surface area contributed by atoms with Crippen molar-refractivity contribution in [2.75, 3.05) is 0 Å². The van der Waals surface area contributed by atoms with E-state index in [1.54, 1.807) is 12.1 Å².